The Labute approximate surface area is 124 Å². The number of rotatable bonds is 4. The molecule has 2 heterocycles. The molecule has 2 rings (SSSR count). The Hall–Kier alpha value is -0.730. The van der Waals surface area contributed by atoms with Gasteiger partial charge >= 0.3 is 0 Å². The van der Waals surface area contributed by atoms with Gasteiger partial charge in [0, 0.05) is 13.0 Å². The molecule has 0 aromatic rings. The van der Waals surface area contributed by atoms with Gasteiger partial charge in [-0.2, -0.15) is 0 Å². The maximum absolute atomic E-state index is 12.0. The Morgan fingerprint density at radius 3 is 2.67 bits per heavy atom. The summed E-state index contributed by atoms with van der Waals surface area (Å²) in [5, 5.41) is 39.3. The van der Waals surface area contributed by atoms with Crippen LogP contribution in [0, 0.1) is 11.8 Å². The number of likely N-dealkylation sites (tertiary alicyclic amines) is 1. The number of amides is 1. The van der Waals surface area contributed by atoms with E-state index < -0.39 is 24.1 Å². The minimum Gasteiger partial charge on any atom is -0.388 e. The number of hydrogen-bond acceptors (Lipinski definition) is 6. The predicted octanol–water partition coefficient (Wildman–Crippen LogP) is -1.32. The van der Waals surface area contributed by atoms with Gasteiger partial charge in [-0.1, -0.05) is 13.8 Å². The summed E-state index contributed by atoms with van der Waals surface area (Å²) < 4.78 is 5.09. The van der Waals surface area contributed by atoms with Gasteiger partial charge in [-0.3, -0.25) is 4.79 Å². The molecule has 2 fully saturated rings. The largest absolute Gasteiger partial charge is 0.388 e. The Kier molecular flexibility index (Phi) is 4.89. The number of ether oxygens (including phenoxy) is 1. The van der Waals surface area contributed by atoms with E-state index in [-0.39, 0.29) is 25.0 Å². The normalized spacial score (nSPS) is 41.1. The SMILES string of the molecule is CC(C)C[C@@H]1CC(=O)N(CC2(O)OCC(O)C(O)C2O)C1. The molecular weight excluding hydrogens is 278 g/mol. The van der Waals surface area contributed by atoms with E-state index in [4.69, 9.17) is 4.74 Å². The third-order valence-electron chi connectivity index (χ3n) is 4.20. The molecule has 5 atom stereocenters. The Morgan fingerprint density at radius 1 is 1.38 bits per heavy atom. The van der Waals surface area contributed by atoms with Crippen LogP contribution in [0.15, 0.2) is 0 Å². The second-order valence-electron chi connectivity index (χ2n) is 6.63. The second kappa shape index (κ2) is 6.18. The van der Waals surface area contributed by atoms with E-state index in [1.165, 1.54) is 4.90 Å². The molecule has 0 radical (unpaired) electrons. The first-order valence-corrected chi connectivity index (χ1v) is 7.41. The first-order chi connectivity index (χ1) is 9.73. The summed E-state index contributed by atoms with van der Waals surface area (Å²) in [4.78, 5) is 13.5. The van der Waals surface area contributed by atoms with E-state index in [0.717, 1.165) is 6.42 Å². The van der Waals surface area contributed by atoms with Crippen LogP contribution in [0.3, 0.4) is 0 Å². The standard InChI is InChI=1S/C14H25NO6/c1-8(2)3-9-4-11(17)15(5-9)7-14(20)13(19)12(18)10(16)6-21-14/h8-10,12-13,16,18-20H,3-7H2,1-2H3/t9-,10?,12?,13?,14?/m1/s1. The van der Waals surface area contributed by atoms with E-state index >= 15 is 0 Å². The number of hydrogen-bond donors (Lipinski definition) is 4. The lowest BCUT2D eigenvalue weighted by Gasteiger charge is -2.43. The van der Waals surface area contributed by atoms with Crippen molar-refractivity contribution in [1.29, 1.82) is 0 Å². The topological polar surface area (TPSA) is 110 Å². The van der Waals surface area contributed by atoms with Crippen molar-refractivity contribution in [2.24, 2.45) is 11.8 Å². The van der Waals surface area contributed by atoms with Crippen molar-refractivity contribution >= 4 is 5.91 Å². The van der Waals surface area contributed by atoms with Crippen LogP contribution in [0.1, 0.15) is 26.7 Å². The lowest BCUT2D eigenvalue weighted by atomic mass is 9.96. The Morgan fingerprint density at radius 2 is 2.05 bits per heavy atom. The van der Waals surface area contributed by atoms with Crippen LogP contribution in [0.5, 0.6) is 0 Å². The monoisotopic (exact) mass is 303 g/mol. The molecule has 2 aliphatic rings. The molecule has 21 heavy (non-hydrogen) atoms. The van der Waals surface area contributed by atoms with E-state index in [1.807, 2.05) is 0 Å². The van der Waals surface area contributed by atoms with E-state index in [1.54, 1.807) is 0 Å². The molecule has 0 bridgehead atoms. The van der Waals surface area contributed by atoms with Gasteiger partial charge in [0.05, 0.1) is 13.2 Å². The van der Waals surface area contributed by atoms with Crippen molar-refractivity contribution in [2.75, 3.05) is 19.7 Å². The van der Waals surface area contributed by atoms with Gasteiger partial charge in [0.1, 0.15) is 18.3 Å². The molecule has 0 aromatic heterocycles. The summed E-state index contributed by atoms with van der Waals surface area (Å²) in [5.74, 6) is -1.41. The summed E-state index contributed by atoms with van der Waals surface area (Å²) in [6.45, 7) is 4.20. The van der Waals surface area contributed by atoms with Crippen LogP contribution >= 0.6 is 0 Å². The zero-order chi connectivity index (χ0) is 15.8. The summed E-state index contributed by atoms with van der Waals surface area (Å²) in [7, 11) is 0. The number of aliphatic hydroxyl groups is 4. The van der Waals surface area contributed by atoms with Gasteiger partial charge in [0.2, 0.25) is 11.7 Å². The van der Waals surface area contributed by atoms with Gasteiger partial charge < -0.3 is 30.1 Å². The molecule has 7 heteroatoms. The average molecular weight is 303 g/mol. The number of aliphatic hydroxyl groups excluding tert-OH is 3. The summed E-state index contributed by atoms with van der Waals surface area (Å²) in [5.41, 5.74) is 0. The fourth-order valence-electron chi connectivity index (χ4n) is 3.13. The first-order valence-electron chi connectivity index (χ1n) is 7.41. The van der Waals surface area contributed by atoms with Crippen molar-refractivity contribution in [3.63, 3.8) is 0 Å². The smallest absolute Gasteiger partial charge is 0.223 e. The minimum absolute atomic E-state index is 0.0921. The first kappa shape index (κ1) is 16.6. The highest BCUT2D eigenvalue weighted by molar-refractivity contribution is 5.78. The molecule has 1 amide bonds. The molecule has 2 saturated heterocycles. The van der Waals surface area contributed by atoms with Gasteiger partial charge in [-0.05, 0) is 18.3 Å². The van der Waals surface area contributed by atoms with Gasteiger partial charge in [0.15, 0.2) is 0 Å². The molecule has 0 aromatic carbocycles. The highest BCUT2D eigenvalue weighted by atomic mass is 16.6. The summed E-state index contributed by atoms with van der Waals surface area (Å²) in [6.07, 6.45) is -3.05. The highest BCUT2D eigenvalue weighted by Gasteiger charge is 2.50. The third kappa shape index (κ3) is 3.54. The Balaban J connectivity index is 1.99. The molecule has 0 spiro atoms. The van der Waals surface area contributed by atoms with Crippen LogP contribution < -0.4 is 0 Å². The zero-order valence-corrected chi connectivity index (χ0v) is 12.5. The molecular formula is C14H25NO6. The molecule has 122 valence electrons. The number of carbonyl (C=O) groups excluding carboxylic acids is 1. The molecule has 7 nitrogen and oxygen atoms in total. The third-order valence-corrected chi connectivity index (χ3v) is 4.20. The van der Waals surface area contributed by atoms with Gasteiger partial charge in [-0.25, -0.2) is 0 Å². The quantitative estimate of drug-likeness (QED) is 0.513. The lowest BCUT2D eigenvalue weighted by Crippen LogP contribution is -2.64. The fourth-order valence-corrected chi connectivity index (χ4v) is 3.13. The predicted molar refractivity (Wildman–Crippen MR) is 73.1 cm³/mol. The average Bonchev–Trinajstić information content (AvgIpc) is 2.71. The van der Waals surface area contributed by atoms with Gasteiger partial charge in [0.25, 0.3) is 0 Å². The lowest BCUT2D eigenvalue weighted by molar-refractivity contribution is -0.323. The van der Waals surface area contributed by atoms with E-state index in [2.05, 4.69) is 13.8 Å². The number of β-amino-alcohol motifs (C(OH)–C–C–N with tert-alkyl or cyclic N) is 1. The van der Waals surface area contributed by atoms with Crippen LogP contribution in [-0.4, -0.2) is 75.0 Å². The van der Waals surface area contributed by atoms with Gasteiger partial charge in [-0.15, -0.1) is 0 Å². The van der Waals surface area contributed by atoms with Crippen LogP contribution in [0.25, 0.3) is 0 Å². The summed E-state index contributed by atoms with van der Waals surface area (Å²) in [6, 6.07) is 0. The van der Waals surface area contributed by atoms with Crippen molar-refractivity contribution in [3.8, 4) is 0 Å². The molecule has 4 N–H and O–H groups in total. The van der Waals surface area contributed by atoms with Crippen LogP contribution in [-0.2, 0) is 9.53 Å². The fraction of sp³-hybridized carbons (Fsp3) is 0.929. The molecule has 4 unspecified atom stereocenters. The van der Waals surface area contributed by atoms with E-state index in [0.29, 0.717) is 18.9 Å². The minimum atomic E-state index is -2.04. The number of nitrogens with zero attached hydrogens (tertiary/aromatic N) is 1. The maximum atomic E-state index is 12.0. The van der Waals surface area contributed by atoms with Crippen molar-refractivity contribution in [2.45, 2.75) is 50.8 Å². The molecule has 0 aliphatic carbocycles. The maximum Gasteiger partial charge on any atom is 0.223 e. The Bertz CT molecular complexity index is 390. The van der Waals surface area contributed by atoms with Crippen molar-refractivity contribution < 1.29 is 30.0 Å². The highest BCUT2D eigenvalue weighted by Crippen LogP contribution is 2.29. The number of carbonyl (C=O) groups is 1. The second-order valence-corrected chi connectivity index (χ2v) is 6.63. The van der Waals surface area contributed by atoms with Crippen molar-refractivity contribution in [1.82, 2.24) is 4.90 Å². The van der Waals surface area contributed by atoms with Crippen LogP contribution in [0.2, 0.25) is 0 Å². The van der Waals surface area contributed by atoms with Crippen LogP contribution in [0.4, 0.5) is 0 Å². The molecule has 0 saturated carbocycles. The van der Waals surface area contributed by atoms with Crippen molar-refractivity contribution in [3.05, 3.63) is 0 Å². The molecule has 2 aliphatic heterocycles. The van der Waals surface area contributed by atoms with E-state index in [9.17, 15) is 25.2 Å². The zero-order valence-electron chi connectivity index (χ0n) is 12.5. The summed E-state index contributed by atoms with van der Waals surface area (Å²) >= 11 is 0.